The van der Waals surface area contributed by atoms with Crippen LogP contribution in [0.5, 0.6) is 0 Å². The summed E-state index contributed by atoms with van der Waals surface area (Å²) in [4.78, 5) is 0. The standard InChI is InChI=1S/C2H9Si2/c1-4(2)3/h1-3H3. The fourth-order valence-corrected chi connectivity index (χ4v) is 0. The Kier molecular flexibility index (Phi) is 1.91. The van der Waals surface area contributed by atoms with E-state index in [1.54, 1.807) is 0 Å². The van der Waals surface area contributed by atoms with Gasteiger partial charge in [0.2, 0.25) is 0 Å². The smallest absolute Gasteiger partial charge is 0.0219 e. The van der Waals surface area contributed by atoms with Crippen molar-refractivity contribution in [2.75, 3.05) is 0 Å². The minimum atomic E-state index is 0.259. The van der Waals surface area contributed by atoms with Crippen molar-refractivity contribution in [2.45, 2.75) is 13.1 Å². The van der Waals surface area contributed by atoms with Crippen molar-refractivity contribution in [1.82, 2.24) is 0 Å². The SMILES string of the molecule is C[Si](C)[SiH3]. The summed E-state index contributed by atoms with van der Waals surface area (Å²) in [7, 11) is 1.71. The van der Waals surface area contributed by atoms with Gasteiger partial charge in [0.15, 0.2) is 0 Å². The fraction of sp³-hybridized carbons (Fsp3) is 1.00. The van der Waals surface area contributed by atoms with Gasteiger partial charge in [-0.3, -0.25) is 0 Å². The van der Waals surface area contributed by atoms with E-state index < -0.39 is 0 Å². The zero-order chi connectivity index (χ0) is 3.58. The lowest BCUT2D eigenvalue weighted by Crippen LogP contribution is -1.94. The third kappa shape index (κ3) is 26.6. The molecule has 1 radical (unpaired) electrons. The minimum absolute atomic E-state index is 0.259. The van der Waals surface area contributed by atoms with Crippen LogP contribution in [-0.2, 0) is 0 Å². The van der Waals surface area contributed by atoms with Crippen LogP contribution in [0, 0.1) is 0 Å². The first-order valence-electron chi connectivity index (χ1n) is 1.50. The van der Waals surface area contributed by atoms with E-state index >= 15 is 0 Å². The van der Waals surface area contributed by atoms with E-state index in [9.17, 15) is 0 Å². The van der Waals surface area contributed by atoms with Crippen molar-refractivity contribution in [3.8, 4) is 0 Å². The van der Waals surface area contributed by atoms with Gasteiger partial charge in [-0.1, -0.05) is 13.1 Å². The molecule has 2 heteroatoms. The predicted octanol–water partition coefficient (Wildman–Crippen LogP) is -0.397. The van der Waals surface area contributed by atoms with E-state index in [0.29, 0.717) is 0 Å². The molecule has 0 fully saturated rings. The molecule has 0 aromatic rings. The Morgan fingerprint density at radius 3 is 1.50 bits per heavy atom. The van der Waals surface area contributed by atoms with Gasteiger partial charge in [0.05, 0.1) is 0 Å². The maximum absolute atomic E-state index is 2.33. The highest BCUT2D eigenvalue weighted by Crippen LogP contribution is 1.59. The molecule has 0 heterocycles. The second-order valence-corrected chi connectivity index (χ2v) is 10.5. The van der Waals surface area contributed by atoms with Gasteiger partial charge >= 0.3 is 0 Å². The Labute approximate surface area is 32.0 Å². The molecule has 0 aliphatic rings. The number of hydrogen-bond donors (Lipinski definition) is 0. The van der Waals surface area contributed by atoms with Crippen LogP contribution in [-0.4, -0.2) is 18.1 Å². The highest BCUT2D eigenvalue weighted by molar-refractivity contribution is 7.01. The van der Waals surface area contributed by atoms with Crippen molar-refractivity contribution >= 4 is 18.1 Å². The second-order valence-electron chi connectivity index (χ2n) is 1.50. The van der Waals surface area contributed by atoms with Crippen LogP contribution in [0.1, 0.15) is 0 Å². The van der Waals surface area contributed by atoms with Gasteiger partial charge in [-0.2, -0.15) is 0 Å². The molecule has 4 heavy (non-hydrogen) atoms. The maximum atomic E-state index is 2.33. The van der Waals surface area contributed by atoms with Crippen LogP contribution in [0.2, 0.25) is 13.1 Å². The van der Waals surface area contributed by atoms with Crippen LogP contribution < -0.4 is 0 Å². The van der Waals surface area contributed by atoms with Crippen LogP contribution in [0.25, 0.3) is 0 Å². The fourth-order valence-electron chi connectivity index (χ4n) is 0. The molecule has 0 bridgehead atoms. The van der Waals surface area contributed by atoms with Gasteiger partial charge in [0.1, 0.15) is 0 Å². The van der Waals surface area contributed by atoms with E-state index in [1.807, 2.05) is 0 Å². The third-order valence-corrected chi connectivity index (χ3v) is 0. The lowest BCUT2D eigenvalue weighted by atomic mass is 11.9. The zero-order valence-corrected chi connectivity index (χ0v) is 6.50. The van der Waals surface area contributed by atoms with Gasteiger partial charge in [-0.25, -0.2) is 0 Å². The first-order valence-corrected chi connectivity index (χ1v) is 7.50. The Bertz CT molecular complexity index is 8.75. The Balaban J connectivity index is 2.32. The van der Waals surface area contributed by atoms with Crippen molar-refractivity contribution in [3.05, 3.63) is 0 Å². The molecular formula is C2H9Si2. The second kappa shape index (κ2) is 1.72. The highest BCUT2D eigenvalue weighted by Gasteiger charge is 1.72. The highest BCUT2D eigenvalue weighted by atomic mass is 29.1. The molecule has 0 spiro atoms. The van der Waals surface area contributed by atoms with Gasteiger partial charge in [-0.15, -0.1) is 0 Å². The summed E-state index contributed by atoms with van der Waals surface area (Å²) in [6.45, 7) is 4.66. The van der Waals surface area contributed by atoms with Crippen LogP contribution in [0.3, 0.4) is 0 Å². The number of rotatable bonds is 0. The molecule has 25 valence electrons. The van der Waals surface area contributed by atoms with E-state index in [1.165, 1.54) is 9.76 Å². The Morgan fingerprint density at radius 1 is 1.50 bits per heavy atom. The first-order chi connectivity index (χ1) is 1.73. The van der Waals surface area contributed by atoms with Gasteiger partial charge in [0, 0.05) is 8.31 Å². The summed E-state index contributed by atoms with van der Waals surface area (Å²) in [6, 6.07) is 0. The topological polar surface area (TPSA) is 0 Å². The van der Waals surface area contributed by atoms with Gasteiger partial charge in [-0.05, 0) is 9.76 Å². The quantitative estimate of drug-likeness (QED) is 0.354. The molecule has 0 N–H and O–H groups in total. The van der Waals surface area contributed by atoms with E-state index in [0.717, 1.165) is 0 Å². The largest absolute Gasteiger partial charge is 0.0741 e. The average molecular weight is 89.3 g/mol. The lowest BCUT2D eigenvalue weighted by Gasteiger charge is -1.75. The summed E-state index contributed by atoms with van der Waals surface area (Å²) in [5.41, 5.74) is 0. The molecule has 0 aliphatic carbocycles. The van der Waals surface area contributed by atoms with E-state index in [2.05, 4.69) is 13.1 Å². The number of hydrogen-bond acceptors (Lipinski definition) is 0. The molecule has 0 saturated heterocycles. The van der Waals surface area contributed by atoms with Crippen LogP contribution in [0.15, 0.2) is 0 Å². The summed E-state index contributed by atoms with van der Waals surface area (Å²) in [5, 5.41) is 0. The Hall–Kier alpha value is 0.434. The molecule has 0 amide bonds. The summed E-state index contributed by atoms with van der Waals surface area (Å²) < 4.78 is 0. The van der Waals surface area contributed by atoms with Crippen molar-refractivity contribution in [1.29, 1.82) is 0 Å². The molecule has 0 atom stereocenters. The van der Waals surface area contributed by atoms with Crippen molar-refractivity contribution in [3.63, 3.8) is 0 Å². The van der Waals surface area contributed by atoms with Crippen molar-refractivity contribution < 1.29 is 0 Å². The molecule has 0 saturated carbocycles. The molecule has 0 nitrogen and oxygen atoms in total. The van der Waals surface area contributed by atoms with Crippen LogP contribution in [0.4, 0.5) is 0 Å². The molecular weight excluding hydrogens is 80.2 g/mol. The lowest BCUT2D eigenvalue weighted by molar-refractivity contribution is 2.10. The Morgan fingerprint density at radius 2 is 1.50 bits per heavy atom. The average Bonchev–Trinajstić information content (AvgIpc) is 0.811. The van der Waals surface area contributed by atoms with Gasteiger partial charge < -0.3 is 0 Å². The minimum Gasteiger partial charge on any atom is -0.0741 e. The monoisotopic (exact) mass is 89.0 g/mol. The molecule has 0 aromatic carbocycles. The molecule has 0 aliphatic heterocycles. The molecule has 0 aromatic heterocycles. The summed E-state index contributed by atoms with van der Waals surface area (Å²) >= 11 is 0. The maximum Gasteiger partial charge on any atom is 0.0219 e. The first kappa shape index (κ1) is 4.43. The van der Waals surface area contributed by atoms with Gasteiger partial charge in [0.25, 0.3) is 0 Å². The molecule has 0 rings (SSSR count). The molecule has 0 unspecified atom stereocenters. The predicted molar refractivity (Wildman–Crippen MR) is 27.4 cm³/mol. The van der Waals surface area contributed by atoms with E-state index in [-0.39, 0.29) is 8.31 Å². The normalized spacial score (nSPS) is 9.75. The third-order valence-electron chi connectivity index (χ3n) is 0. The zero-order valence-electron chi connectivity index (χ0n) is 3.50. The van der Waals surface area contributed by atoms with Crippen molar-refractivity contribution in [2.24, 2.45) is 0 Å². The van der Waals surface area contributed by atoms with Crippen LogP contribution >= 0.6 is 0 Å². The summed E-state index contributed by atoms with van der Waals surface area (Å²) in [5.74, 6) is 0. The summed E-state index contributed by atoms with van der Waals surface area (Å²) in [6.07, 6.45) is 0. The van der Waals surface area contributed by atoms with E-state index in [4.69, 9.17) is 0 Å².